The highest BCUT2D eigenvalue weighted by Gasteiger charge is 2.19. The molecule has 3 rings (SSSR count). The molecule has 0 fully saturated rings. The molecule has 0 bridgehead atoms. The molecule has 0 saturated carbocycles. The fourth-order valence-electron chi connectivity index (χ4n) is 2.94. The van der Waals surface area contributed by atoms with Crippen LogP contribution in [0.1, 0.15) is 44.9 Å². The minimum atomic E-state index is -0.620. The molecule has 7 heteroatoms. The largest absolute Gasteiger partial charge is 0.444 e. The Bertz CT molecular complexity index is 1080. The van der Waals surface area contributed by atoms with Crippen LogP contribution in [0.25, 0.3) is 10.9 Å². The Morgan fingerprint density at radius 2 is 1.83 bits per heavy atom. The van der Waals surface area contributed by atoms with Gasteiger partial charge in [-0.2, -0.15) is 4.98 Å². The van der Waals surface area contributed by atoms with Gasteiger partial charge in [0.15, 0.2) is 0 Å². The summed E-state index contributed by atoms with van der Waals surface area (Å²) < 4.78 is 10.6. The first-order valence-electron chi connectivity index (χ1n) is 9.40. The first-order valence-corrected chi connectivity index (χ1v) is 9.40. The molecular weight excluding hydrogens is 370 g/mol. The van der Waals surface area contributed by atoms with Crippen LogP contribution in [-0.4, -0.2) is 16.7 Å². The first kappa shape index (κ1) is 20.4. The molecule has 29 heavy (non-hydrogen) atoms. The van der Waals surface area contributed by atoms with Crippen LogP contribution in [0.2, 0.25) is 0 Å². The Kier molecular flexibility index (Phi) is 5.59. The van der Waals surface area contributed by atoms with Gasteiger partial charge in [-0.05, 0) is 57.9 Å². The van der Waals surface area contributed by atoms with Crippen LogP contribution >= 0.6 is 0 Å². The molecular formula is C22H25N3O4. The molecule has 152 valence electrons. The van der Waals surface area contributed by atoms with Crippen LogP contribution in [0.15, 0.2) is 51.7 Å². The van der Waals surface area contributed by atoms with Crippen LogP contribution < -0.4 is 16.3 Å². The molecule has 7 nitrogen and oxygen atoms in total. The Balaban J connectivity index is 1.88. The quantitative estimate of drug-likeness (QED) is 0.644. The summed E-state index contributed by atoms with van der Waals surface area (Å²) in [6.07, 6.45) is -0.590. The van der Waals surface area contributed by atoms with Crippen molar-refractivity contribution in [3.05, 3.63) is 64.0 Å². The summed E-state index contributed by atoms with van der Waals surface area (Å²) in [4.78, 5) is 29.1. The lowest BCUT2D eigenvalue weighted by atomic mass is 10.1. The van der Waals surface area contributed by atoms with Gasteiger partial charge in [0.25, 0.3) is 6.01 Å². The van der Waals surface area contributed by atoms with Gasteiger partial charge in [-0.15, -0.1) is 0 Å². The second-order valence-electron chi connectivity index (χ2n) is 7.84. The monoisotopic (exact) mass is 395 g/mol. The Labute approximate surface area is 169 Å². The van der Waals surface area contributed by atoms with Gasteiger partial charge in [0.1, 0.15) is 5.60 Å². The summed E-state index contributed by atoms with van der Waals surface area (Å²) in [5, 5.41) is 6.10. The van der Waals surface area contributed by atoms with Gasteiger partial charge in [-0.3, -0.25) is 5.32 Å². The molecule has 2 N–H and O–H groups in total. The van der Waals surface area contributed by atoms with E-state index in [-0.39, 0.29) is 12.1 Å². The van der Waals surface area contributed by atoms with Crippen LogP contribution in [0.5, 0.6) is 0 Å². The number of hydrogen-bond acceptors (Lipinski definition) is 6. The summed E-state index contributed by atoms with van der Waals surface area (Å²) >= 11 is 0. The molecule has 0 radical (unpaired) electrons. The van der Waals surface area contributed by atoms with E-state index in [1.807, 2.05) is 37.3 Å². The number of benzene rings is 2. The highest BCUT2D eigenvalue weighted by Crippen LogP contribution is 2.25. The molecule has 0 unspecified atom stereocenters. The topological polar surface area (TPSA) is 93.5 Å². The average Bonchev–Trinajstić information content (AvgIpc) is 2.63. The van der Waals surface area contributed by atoms with E-state index >= 15 is 0 Å². The van der Waals surface area contributed by atoms with Crippen LogP contribution in [0.3, 0.4) is 0 Å². The zero-order valence-corrected chi connectivity index (χ0v) is 17.2. The fourth-order valence-corrected chi connectivity index (χ4v) is 2.94. The molecule has 0 aliphatic rings. The number of rotatable bonds is 4. The summed E-state index contributed by atoms with van der Waals surface area (Å²) in [6, 6.07) is 13.2. The van der Waals surface area contributed by atoms with Crippen LogP contribution in [0.4, 0.5) is 16.5 Å². The number of carbonyl (C=O) groups is 1. The molecule has 0 aliphatic heterocycles. The van der Waals surface area contributed by atoms with Gasteiger partial charge in [-0.25, -0.2) is 9.59 Å². The highest BCUT2D eigenvalue weighted by atomic mass is 16.6. The maximum Gasteiger partial charge on any atom is 0.412 e. The fraction of sp³-hybridized carbons (Fsp3) is 0.318. The van der Waals surface area contributed by atoms with Crippen LogP contribution in [-0.2, 0) is 4.74 Å². The Hall–Kier alpha value is -3.35. The molecule has 1 aromatic heterocycles. The molecule has 0 saturated heterocycles. The van der Waals surface area contributed by atoms with E-state index in [1.54, 1.807) is 39.8 Å². The summed E-state index contributed by atoms with van der Waals surface area (Å²) in [7, 11) is 0. The van der Waals surface area contributed by atoms with E-state index in [9.17, 15) is 9.59 Å². The molecule has 1 heterocycles. The molecule has 1 amide bonds. The van der Waals surface area contributed by atoms with Gasteiger partial charge in [-0.1, -0.05) is 30.3 Å². The van der Waals surface area contributed by atoms with E-state index in [4.69, 9.17) is 9.15 Å². The third kappa shape index (κ3) is 4.93. The van der Waals surface area contributed by atoms with Crippen molar-refractivity contribution in [3.63, 3.8) is 0 Å². The number of hydrogen-bond donors (Lipinski definition) is 2. The Morgan fingerprint density at radius 1 is 1.14 bits per heavy atom. The number of nitrogens with one attached hydrogen (secondary N) is 2. The molecule has 1 atom stereocenters. The second-order valence-corrected chi connectivity index (χ2v) is 7.84. The van der Waals surface area contributed by atoms with Gasteiger partial charge in [0.05, 0.1) is 16.9 Å². The summed E-state index contributed by atoms with van der Waals surface area (Å²) in [5.74, 6) is 0. The van der Waals surface area contributed by atoms with Crippen molar-refractivity contribution in [2.75, 3.05) is 10.6 Å². The number of amides is 1. The number of anilines is 2. The van der Waals surface area contributed by atoms with Gasteiger partial charge >= 0.3 is 11.7 Å². The van der Waals surface area contributed by atoms with Gasteiger partial charge < -0.3 is 14.5 Å². The molecule has 3 aromatic rings. The number of aryl methyl sites for hydroxylation is 1. The summed E-state index contributed by atoms with van der Waals surface area (Å²) in [5.41, 5.74) is 1.42. The van der Waals surface area contributed by atoms with Crippen molar-refractivity contribution < 1.29 is 13.9 Å². The number of carbonyl (C=O) groups excluding carboxylic acids is 1. The number of aromatic nitrogens is 1. The van der Waals surface area contributed by atoms with Crippen molar-refractivity contribution in [1.29, 1.82) is 0 Å². The smallest absolute Gasteiger partial charge is 0.412 e. The third-order valence-corrected chi connectivity index (χ3v) is 4.33. The predicted molar refractivity (Wildman–Crippen MR) is 113 cm³/mol. The zero-order valence-electron chi connectivity index (χ0n) is 17.2. The number of ether oxygens (including phenoxy) is 1. The first-order chi connectivity index (χ1) is 13.6. The van der Waals surface area contributed by atoms with Gasteiger partial charge in [0.2, 0.25) is 0 Å². The highest BCUT2D eigenvalue weighted by molar-refractivity contribution is 5.93. The maximum atomic E-state index is 12.6. The minimum absolute atomic E-state index is 0.0847. The second kappa shape index (κ2) is 7.95. The van der Waals surface area contributed by atoms with Crippen molar-refractivity contribution in [3.8, 4) is 0 Å². The predicted octanol–water partition coefficient (Wildman–Crippen LogP) is 5.02. The van der Waals surface area contributed by atoms with Crippen LogP contribution in [0, 0.1) is 6.92 Å². The lowest BCUT2D eigenvalue weighted by Crippen LogP contribution is -2.27. The van der Waals surface area contributed by atoms with Crippen molar-refractivity contribution in [2.24, 2.45) is 0 Å². The lowest BCUT2D eigenvalue weighted by Gasteiger charge is -2.20. The standard InChI is InChI=1S/C22H25N3O4/c1-13-16(25-21(27)29-22(3,4)5)11-12-17-18(13)19(26)28-20(24-17)23-14(2)15-9-7-6-8-10-15/h6-12,14H,1-5H3,(H,23,24)(H,25,27)/t14-/m0/s1. The summed E-state index contributed by atoms with van der Waals surface area (Å²) in [6.45, 7) is 9.03. The lowest BCUT2D eigenvalue weighted by molar-refractivity contribution is 0.0636. The zero-order chi connectivity index (χ0) is 21.2. The molecule has 2 aromatic carbocycles. The van der Waals surface area contributed by atoms with E-state index < -0.39 is 17.3 Å². The van der Waals surface area contributed by atoms with E-state index in [1.165, 1.54) is 0 Å². The van der Waals surface area contributed by atoms with Crippen molar-refractivity contribution in [1.82, 2.24) is 4.98 Å². The Morgan fingerprint density at radius 3 is 2.48 bits per heavy atom. The molecule has 0 spiro atoms. The average molecular weight is 395 g/mol. The van der Waals surface area contributed by atoms with Gasteiger partial charge in [0, 0.05) is 5.69 Å². The van der Waals surface area contributed by atoms with E-state index in [0.717, 1.165) is 5.56 Å². The number of nitrogens with zero attached hydrogens (tertiary/aromatic N) is 1. The van der Waals surface area contributed by atoms with Crippen molar-refractivity contribution in [2.45, 2.75) is 46.3 Å². The van der Waals surface area contributed by atoms with E-state index in [2.05, 4.69) is 15.6 Å². The molecule has 0 aliphatic carbocycles. The van der Waals surface area contributed by atoms with Crippen molar-refractivity contribution >= 4 is 28.7 Å². The number of fused-ring (bicyclic) bond motifs is 1. The third-order valence-electron chi connectivity index (χ3n) is 4.33. The minimum Gasteiger partial charge on any atom is -0.444 e. The normalized spacial score (nSPS) is 12.4. The SMILES string of the molecule is Cc1c(NC(=O)OC(C)(C)C)ccc2nc(N[C@@H](C)c3ccccc3)oc(=O)c12. The maximum absolute atomic E-state index is 12.6. The van der Waals surface area contributed by atoms with E-state index in [0.29, 0.717) is 22.2 Å².